The summed E-state index contributed by atoms with van der Waals surface area (Å²) < 4.78 is 0.940. The molecule has 0 saturated carbocycles. The number of carbonyl (C=O) groups is 1. The van der Waals surface area contributed by atoms with Crippen molar-refractivity contribution in [2.24, 2.45) is 0 Å². The first kappa shape index (κ1) is 15.2. The molecule has 0 spiro atoms. The zero-order chi connectivity index (χ0) is 15.2. The number of aryl methyl sites for hydroxylation is 1. The Morgan fingerprint density at radius 1 is 1.33 bits per heavy atom. The lowest BCUT2D eigenvalue weighted by atomic mass is 10.2. The van der Waals surface area contributed by atoms with Crippen LogP contribution in [0.15, 0.2) is 47.5 Å². The highest BCUT2D eigenvalue weighted by molar-refractivity contribution is 9.10. The van der Waals surface area contributed by atoms with Gasteiger partial charge in [0.1, 0.15) is 5.82 Å². The SMILES string of the molecule is C=CCNc1ccc(C(=O)Nc2ccc(C)c(Br)c2)nn1. The number of carbonyl (C=O) groups excluding carboxylic acids is 1. The number of nitrogens with zero attached hydrogens (tertiary/aromatic N) is 2. The number of aromatic nitrogens is 2. The second kappa shape index (κ2) is 6.99. The molecule has 0 unspecified atom stereocenters. The van der Waals surface area contributed by atoms with Gasteiger partial charge in [-0.2, -0.15) is 0 Å². The van der Waals surface area contributed by atoms with Crippen LogP contribution < -0.4 is 10.6 Å². The van der Waals surface area contributed by atoms with Crippen molar-refractivity contribution in [1.82, 2.24) is 10.2 Å². The Kier molecular flexibility index (Phi) is 5.05. The molecule has 0 aliphatic heterocycles. The summed E-state index contributed by atoms with van der Waals surface area (Å²) in [6.45, 7) is 6.18. The van der Waals surface area contributed by atoms with Gasteiger partial charge in [-0.25, -0.2) is 0 Å². The Morgan fingerprint density at radius 2 is 2.14 bits per heavy atom. The van der Waals surface area contributed by atoms with Crippen molar-refractivity contribution in [2.45, 2.75) is 6.92 Å². The molecule has 0 radical (unpaired) electrons. The van der Waals surface area contributed by atoms with Gasteiger partial charge in [-0.05, 0) is 36.8 Å². The summed E-state index contributed by atoms with van der Waals surface area (Å²) in [5, 5.41) is 13.6. The summed E-state index contributed by atoms with van der Waals surface area (Å²) in [6, 6.07) is 8.94. The van der Waals surface area contributed by atoms with Gasteiger partial charge in [-0.15, -0.1) is 16.8 Å². The second-order valence-corrected chi connectivity index (χ2v) is 5.25. The minimum Gasteiger partial charge on any atom is -0.365 e. The first-order valence-corrected chi connectivity index (χ1v) is 7.15. The van der Waals surface area contributed by atoms with Crippen LogP contribution in [0.1, 0.15) is 16.1 Å². The number of rotatable bonds is 5. The number of hydrogen-bond donors (Lipinski definition) is 2. The summed E-state index contributed by atoms with van der Waals surface area (Å²) in [6.07, 6.45) is 1.72. The van der Waals surface area contributed by atoms with Gasteiger partial charge < -0.3 is 10.6 Å². The number of halogens is 1. The fraction of sp³-hybridized carbons (Fsp3) is 0.133. The zero-order valence-corrected chi connectivity index (χ0v) is 13.1. The van der Waals surface area contributed by atoms with E-state index in [1.54, 1.807) is 18.2 Å². The maximum atomic E-state index is 12.1. The van der Waals surface area contributed by atoms with Gasteiger partial charge in [-0.3, -0.25) is 4.79 Å². The van der Waals surface area contributed by atoms with E-state index in [9.17, 15) is 4.79 Å². The molecule has 0 aliphatic rings. The van der Waals surface area contributed by atoms with Gasteiger partial charge >= 0.3 is 0 Å². The summed E-state index contributed by atoms with van der Waals surface area (Å²) in [5.74, 6) is 0.304. The number of amides is 1. The largest absolute Gasteiger partial charge is 0.365 e. The first-order chi connectivity index (χ1) is 10.1. The molecular weight excluding hydrogens is 332 g/mol. The van der Waals surface area contributed by atoms with Crippen molar-refractivity contribution in [3.05, 3.63) is 58.7 Å². The Labute approximate surface area is 131 Å². The highest BCUT2D eigenvalue weighted by atomic mass is 79.9. The molecule has 21 heavy (non-hydrogen) atoms. The van der Waals surface area contributed by atoms with E-state index >= 15 is 0 Å². The smallest absolute Gasteiger partial charge is 0.276 e. The van der Waals surface area contributed by atoms with E-state index in [2.05, 4.69) is 43.3 Å². The second-order valence-electron chi connectivity index (χ2n) is 4.39. The topological polar surface area (TPSA) is 66.9 Å². The van der Waals surface area contributed by atoms with Crippen LogP contribution in [0.2, 0.25) is 0 Å². The van der Waals surface area contributed by atoms with Crippen molar-refractivity contribution in [3.63, 3.8) is 0 Å². The van der Waals surface area contributed by atoms with Gasteiger partial charge in [0.25, 0.3) is 5.91 Å². The van der Waals surface area contributed by atoms with Crippen molar-refractivity contribution >= 4 is 33.3 Å². The van der Waals surface area contributed by atoms with E-state index in [-0.39, 0.29) is 11.6 Å². The fourth-order valence-corrected chi connectivity index (χ4v) is 1.97. The third-order valence-electron chi connectivity index (χ3n) is 2.75. The molecule has 1 aromatic heterocycles. The van der Waals surface area contributed by atoms with E-state index < -0.39 is 0 Å². The third kappa shape index (κ3) is 4.13. The first-order valence-electron chi connectivity index (χ1n) is 6.36. The van der Waals surface area contributed by atoms with Crippen LogP contribution in [0.4, 0.5) is 11.5 Å². The Hall–Kier alpha value is -2.21. The van der Waals surface area contributed by atoms with Crippen LogP contribution in [0, 0.1) is 6.92 Å². The maximum absolute atomic E-state index is 12.1. The van der Waals surface area contributed by atoms with Crippen molar-refractivity contribution in [3.8, 4) is 0 Å². The summed E-state index contributed by atoms with van der Waals surface area (Å²) in [4.78, 5) is 12.1. The molecule has 1 heterocycles. The number of nitrogens with one attached hydrogen (secondary N) is 2. The lowest BCUT2D eigenvalue weighted by molar-refractivity contribution is 0.102. The van der Waals surface area contributed by atoms with E-state index in [0.29, 0.717) is 18.1 Å². The molecule has 2 N–H and O–H groups in total. The predicted octanol–water partition coefficient (Wildman–Crippen LogP) is 3.40. The van der Waals surface area contributed by atoms with Crippen LogP contribution in [-0.2, 0) is 0 Å². The molecule has 5 nitrogen and oxygen atoms in total. The minimum absolute atomic E-state index is 0.260. The van der Waals surface area contributed by atoms with Crippen molar-refractivity contribution in [1.29, 1.82) is 0 Å². The summed E-state index contributed by atoms with van der Waals surface area (Å²) >= 11 is 3.43. The van der Waals surface area contributed by atoms with Gasteiger partial charge in [0, 0.05) is 16.7 Å². The quantitative estimate of drug-likeness (QED) is 0.814. The Balaban J connectivity index is 2.05. The van der Waals surface area contributed by atoms with E-state index in [1.807, 2.05) is 25.1 Å². The summed E-state index contributed by atoms with van der Waals surface area (Å²) in [7, 11) is 0. The van der Waals surface area contributed by atoms with Crippen LogP contribution in [0.25, 0.3) is 0 Å². The Morgan fingerprint density at radius 3 is 2.76 bits per heavy atom. The number of anilines is 2. The zero-order valence-electron chi connectivity index (χ0n) is 11.6. The lowest BCUT2D eigenvalue weighted by Crippen LogP contribution is -2.15. The monoisotopic (exact) mass is 346 g/mol. The van der Waals surface area contributed by atoms with Gasteiger partial charge in [0.05, 0.1) is 0 Å². The molecular formula is C15H15BrN4O. The average molecular weight is 347 g/mol. The molecule has 0 bridgehead atoms. The van der Waals surface area contributed by atoms with Gasteiger partial charge in [0.15, 0.2) is 5.69 Å². The molecule has 1 amide bonds. The maximum Gasteiger partial charge on any atom is 0.276 e. The summed E-state index contributed by atoms with van der Waals surface area (Å²) in [5.41, 5.74) is 2.06. The van der Waals surface area contributed by atoms with Gasteiger partial charge in [0.2, 0.25) is 0 Å². The average Bonchev–Trinajstić information content (AvgIpc) is 2.49. The van der Waals surface area contributed by atoms with Gasteiger partial charge in [-0.1, -0.05) is 28.1 Å². The normalized spacial score (nSPS) is 10.0. The Bertz CT molecular complexity index is 655. The van der Waals surface area contributed by atoms with Crippen molar-refractivity contribution in [2.75, 3.05) is 17.2 Å². The highest BCUT2D eigenvalue weighted by Gasteiger charge is 2.09. The molecule has 108 valence electrons. The van der Waals surface area contributed by atoms with Crippen LogP contribution >= 0.6 is 15.9 Å². The van der Waals surface area contributed by atoms with Crippen LogP contribution in [0.5, 0.6) is 0 Å². The molecule has 1 aromatic carbocycles. The predicted molar refractivity (Wildman–Crippen MR) is 87.6 cm³/mol. The fourth-order valence-electron chi connectivity index (χ4n) is 1.59. The standard InChI is InChI=1S/C15H15BrN4O/c1-3-8-17-14-7-6-13(19-20-14)15(21)18-11-5-4-10(2)12(16)9-11/h3-7,9H,1,8H2,2H3,(H,17,20)(H,18,21). The lowest BCUT2D eigenvalue weighted by Gasteiger charge is -2.07. The molecule has 2 rings (SSSR count). The van der Waals surface area contributed by atoms with E-state index in [1.165, 1.54) is 0 Å². The van der Waals surface area contributed by atoms with Crippen molar-refractivity contribution < 1.29 is 4.79 Å². The molecule has 2 aromatic rings. The highest BCUT2D eigenvalue weighted by Crippen LogP contribution is 2.20. The number of hydrogen-bond acceptors (Lipinski definition) is 4. The van der Waals surface area contributed by atoms with Crippen LogP contribution in [0.3, 0.4) is 0 Å². The number of benzene rings is 1. The molecule has 6 heteroatoms. The molecule has 0 aliphatic carbocycles. The van der Waals surface area contributed by atoms with Crippen LogP contribution in [-0.4, -0.2) is 22.6 Å². The molecule has 0 atom stereocenters. The van der Waals surface area contributed by atoms with E-state index in [4.69, 9.17) is 0 Å². The molecule has 0 fully saturated rings. The van der Waals surface area contributed by atoms with E-state index in [0.717, 1.165) is 10.0 Å². The third-order valence-corrected chi connectivity index (χ3v) is 3.61. The minimum atomic E-state index is -0.298. The molecule has 0 saturated heterocycles.